The molecule has 4 rings (SSSR count). The molecular formula is C22H34ClFN6. The third-order valence-electron chi connectivity index (χ3n) is 6.57. The second-order valence-corrected chi connectivity index (χ2v) is 8.49. The van der Waals surface area contributed by atoms with Crippen molar-refractivity contribution in [2.24, 2.45) is 0 Å². The Hall–Kier alpha value is -1.57. The molecule has 2 aromatic rings. The predicted octanol–water partition coefficient (Wildman–Crippen LogP) is 4.07. The molecule has 2 heterocycles. The van der Waals surface area contributed by atoms with Crippen LogP contribution in [0.2, 0.25) is 0 Å². The van der Waals surface area contributed by atoms with Crippen molar-refractivity contribution in [1.29, 1.82) is 0 Å². The molecule has 2 aliphatic rings. The first kappa shape index (κ1) is 23.1. The fourth-order valence-corrected chi connectivity index (χ4v) is 4.88. The zero-order chi connectivity index (χ0) is 20.1. The van der Waals surface area contributed by atoms with E-state index in [1.165, 1.54) is 37.8 Å². The molecule has 1 aromatic heterocycles. The summed E-state index contributed by atoms with van der Waals surface area (Å²) >= 11 is 0. The van der Waals surface area contributed by atoms with Crippen molar-refractivity contribution in [2.75, 3.05) is 26.2 Å². The first-order valence-corrected chi connectivity index (χ1v) is 11.2. The summed E-state index contributed by atoms with van der Waals surface area (Å²) in [6.07, 6.45) is 8.92. The van der Waals surface area contributed by atoms with E-state index >= 15 is 0 Å². The van der Waals surface area contributed by atoms with Crippen LogP contribution in [0.15, 0.2) is 24.3 Å². The summed E-state index contributed by atoms with van der Waals surface area (Å²) in [6.45, 7) is 7.26. The number of aromatic nitrogens is 4. The van der Waals surface area contributed by atoms with E-state index in [0.29, 0.717) is 6.54 Å². The Bertz CT molecular complexity index is 753. The van der Waals surface area contributed by atoms with Gasteiger partial charge in [-0.15, -0.1) is 17.5 Å². The van der Waals surface area contributed by atoms with Gasteiger partial charge in [0.25, 0.3) is 0 Å². The van der Waals surface area contributed by atoms with Gasteiger partial charge in [-0.05, 0) is 47.4 Å². The highest BCUT2D eigenvalue weighted by molar-refractivity contribution is 5.85. The SMILES string of the molecule is CCCCC(c1nnnn1Cc1ccc(F)cc1)N1CCN(C2CCCC2)CC1.Cl. The van der Waals surface area contributed by atoms with Crippen LogP contribution in [0.25, 0.3) is 0 Å². The first-order chi connectivity index (χ1) is 14.2. The molecule has 0 N–H and O–H groups in total. The lowest BCUT2D eigenvalue weighted by Crippen LogP contribution is -2.50. The lowest BCUT2D eigenvalue weighted by atomic mass is 10.1. The Balaban J connectivity index is 0.00000256. The number of tetrazole rings is 1. The molecule has 0 amide bonds. The maximum atomic E-state index is 13.2. The summed E-state index contributed by atoms with van der Waals surface area (Å²) in [5.41, 5.74) is 1.01. The van der Waals surface area contributed by atoms with Crippen LogP contribution in [0, 0.1) is 5.82 Å². The standard InChI is InChI=1S/C22H33FN6.ClH/c1-2-3-8-21(28-15-13-27(14-16-28)20-6-4-5-7-20)22-24-25-26-29(22)17-18-9-11-19(23)12-10-18;/h9-12,20-21H,2-8,13-17H2,1H3;1H. The average Bonchev–Trinajstić information content (AvgIpc) is 3.43. The highest BCUT2D eigenvalue weighted by Gasteiger charge is 2.31. The lowest BCUT2D eigenvalue weighted by Gasteiger charge is -2.41. The summed E-state index contributed by atoms with van der Waals surface area (Å²) in [5, 5.41) is 12.7. The number of halogens is 2. The van der Waals surface area contributed by atoms with Crippen LogP contribution in [-0.4, -0.2) is 62.2 Å². The number of benzene rings is 1. The maximum Gasteiger partial charge on any atom is 0.168 e. The smallest absolute Gasteiger partial charge is 0.168 e. The Morgan fingerprint density at radius 2 is 1.77 bits per heavy atom. The van der Waals surface area contributed by atoms with Gasteiger partial charge in [-0.3, -0.25) is 9.80 Å². The van der Waals surface area contributed by atoms with E-state index in [0.717, 1.165) is 62.9 Å². The molecule has 166 valence electrons. The van der Waals surface area contributed by atoms with Gasteiger partial charge < -0.3 is 0 Å². The first-order valence-electron chi connectivity index (χ1n) is 11.2. The normalized spacial score (nSPS) is 19.7. The van der Waals surface area contributed by atoms with Gasteiger partial charge in [-0.1, -0.05) is 44.7 Å². The second kappa shape index (κ2) is 11.2. The van der Waals surface area contributed by atoms with Crippen molar-refractivity contribution >= 4 is 12.4 Å². The summed E-state index contributed by atoms with van der Waals surface area (Å²) in [6, 6.07) is 7.66. The van der Waals surface area contributed by atoms with Gasteiger partial charge in [0.1, 0.15) is 5.82 Å². The van der Waals surface area contributed by atoms with E-state index in [1.54, 1.807) is 0 Å². The van der Waals surface area contributed by atoms with Crippen LogP contribution in [0.5, 0.6) is 0 Å². The van der Waals surface area contributed by atoms with E-state index in [4.69, 9.17) is 0 Å². The number of nitrogens with zero attached hydrogens (tertiary/aromatic N) is 6. The van der Waals surface area contributed by atoms with E-state index in [-0.39, 0.29) is 24.3 Å². The second-order valence-electron chi connectivity index (χ2n) is 8.49. The summed E-state index contributed by atoms with van der Waals surface area (Å²) in [4.78, 5) is 5.27. The van der Waals surface area contributed by atoms with E-state index in [2.05, 4.69) is 32.2 Å². The fraction of sp³-hybridized carbons (Fsp3) is 0.682. The van der Waals surface area contributed by atoms with Crippen molar-refractivity contribution in [1.82, 2.24) is 30.0 Å². The quantitative estimate of drug-likeness (QED) is 0.624. The molecule has 0 radical (unpaired) electrons. The number of hydrogen-bond acceptors (Lipinski definition) is 5. The molecule has 1 saturated carbocycles. The molecule has 6 nitrogen and oxygen atoms in total. The lowest BCUT2D eigenvalue weighted by molar-refractivity contribution is 0.0622. The molecule has 0 bridgehead atoms. The maximum absolute atomic E-state index is 13.2. The average molecular weight is 437 g/mol. The van der Waals surface area contributed by atoms with Gasteiger partial charge in [0.05, 0.1) is 12.6 Å². The molecule has 1 aliphatic heterocycles. The third kappa shape index (κ3) is 5.56. The fourth-order valence-electron chi connectivity index (χ4n) is 4.88. The van der Waals surface area contributed by atoms with E-state index in [1.807, 2.05) is 16.8 Å². The number of unbranched alkanes of at least 4 members (excludes halogenated alkanes) is 1. The minimum Gasteiger partial charge on any atom is -0.298 e. The molecule has 0 spiro atoms. The van der Waals surface area contributed by atoms with Crippen molar-refractivity contribution in [3.63, 3.8) is 0 Å². The van der Waals surface area contributed by atoms with Gasteiger partial charge in [0, 0.05) is 32.2 Å². The number of hydrogen-bond donors (Lipinski definition) is 0. The highest BCUT2D eigenvalue weighted by atomic mass is 35.5. The van der Waals surface area contributed by atoms with Crippen molar-refractivity contribution in [2.45, 2.75) is 70.5 Å². The zero-order valence-corrected chi connectivity index (χ0v) is 18.7. The number of rotatable bonds is 8. The zero-order valence-electron chi connectivity index (χ0n) is 17.9. The van der Waals surface area contributed by atoms with Gasteiger partial charge in [-0.25, -0.2) is 9.07 Å². The minimum atomic E-state index is -0.216. The Kier molecular flexibility index (Phi) is 8.60. The van der Waals surface area contributed by atoms with Gasteiger partial charge in [-0.2, -0.15) is 0 Å². The van der Waals surface area contributed by atoms with Crippen LogP contribution in [0.1, 0.15) is 69.3 Å². The molecule has 1 saturated heterocycles. The van der Waals surface area contributed by atoms with Crippen LogP contribution >= 0.6 is 12.4 Å². The van der Waals surface area contributed by atoms with Crippen molar-refractivity contribution in [3.8, 4) is 0 Å². The topological polar surface area (TPSA) is 50.1 Å². The van der Waals surface area contributed by atoms with Gasteiger partial charge in [0.15, 0.2) is 5.82 Å². The van der Waals surface area contributed by atoms with Gasteiger partial charge >= 0.3 is 0 Å². The monoisotopic (exact) mass is 436 g/mol. The summed E-state index contributed by atoms with van der Waals surface area (Å²) < 4.78 is 15.1. The molecule has 1 aromatic carbocycles. The number of piperazine rings is 1. The van der Waals surface area contributed by atoms with Crippen LogP contribution in [-0.2, 0) is 6.54 Å². The Morgan fingerprint density at radius 3 is 2.43 bits per heavy atom. The molecular weight excluding hydrogens is 403 g/mol. The molecule has 2 fully saturated rings. The molecule has 1 aliphatic carbocycles. The largest absolute Gasteiger partial charge is 0.298 e. The van der Waals surface area contributed by atoms with Gasteiger partial charge in [0.2, 0.25) is 0 Å². The molecule has 30 heavy (non-hydrogen) atoms. The third-order valence-corrected chi connectivity index (χ3v) is 6.57. The highest BCUT2D eigenvalue weighted by Crippen LogP contribution is 2.29. The van der Waals surface area contributed by atoms with E-state index < -0.39 is 0 Å². The minimum absolute atomic E-state index is 0. The predicted molar refractivity (Wildman–Crippen MR) is 118 cm³/mol. The summed E-state index contributed by atoms with van der Waals surface area (Å²) in [5.74, 6) is 0.726. The van der Waals surface area contributed by atoms with Crippen LogP contribution < -0.4 is 0 Å². The molecule has 1 unspecified atom stereocenters. The Morgan fingerprint density at radius 1 is 1.07 bits per heavy atom. The molecule has 1 atom stereocenters. The van der Waals surface area contributed by atoms with Crippen molar-refractivity contribution < 1.29 is 4.39 Å². The van der Waals surface area contributed by atoms with Crippen molar-refractivity contribution in [3.05, 3.63) is 41.5 Å². The summed E-state index contributed by atoms with van der Waals surface area (Å²) in [7, 11) is 0. The van der Waals surface area contributed by atoms with Crippen LogP contribution in [0.4, 0.5) is 4.39 Å². The van der Waals surface area contributed by atoms with Crippen LogP contribution in [0.3, 0.4) is 0 Å². The van der Waals surface area contributed by atoms with E-state index in [9.17, 15) is 4.39 Å². The molecule has 8 heteroatoms. The Labute approximate surface area is 185 Å².